The summed E-state index contributed by atoms with van der Waals surface area (Å²) in [6, 6.07) is 0.107. The maximum Gasteiger partial charge on any atom is 0.220 e. The molecule has 154 valence electrons. The molecule has 1 fully saturated rings. The third-order valence-electron chi connectivity index (χ3n) is 5.25. The van der Waals surface area contributed by atoms with Crippen LogP contribution in [0.25, 0.3) is 0 Å². The molecule has 0 bridgehead atoms. The minimum Gasteiger partial charge on any atom is -0.383 e. The van der Waals surface area contributed by atoms with Crippen molar-refractivity contribution >= 4 is 5.91 Å². The molecule has 1 heterocycles. The zero-order chi connectivity index (χ0) is 19.0. The highest BCUT2D eigenvalue weighted by Gasteiger charge is 2.36. The summed E-state index contributed by atoms with van der Waals surface area (Å²) in [4.78, 5) is 11.7. The van der Waals surface area contributed by atoms with Crippen LogP contribution in [-0.2, 0) is 14.3 Å². The molecule has 1 aliphatic rings. The largest absolute Gasteiger partial charge is 0.383 e. The van der Waals surface area contributed by atoms with E-state index in [0.29, 0.717) is 25.2 Å². The summed E-state index contributed by atoms with van der Waals surface area (Å²) in [6.45, 7) is 4.82. The van der Waals surface area contributed by atoms with E-state index in [4.69, 9.17) is 9.47 Å². The van der Waals surface area contributed by atoms with Crippen LogP contribution < -0.4 is 5.32 Å². The summed E-state index contributed by atoms with van der Waals surface area (Å²) in [5, 5.41) is 2.96. The minimum absolute atomic E-state index is 0.107. The number of rotatable bonds is 18. The maximum atomic E-state index is 11.7. The Morgan fingerprint density at radius 3 is 2.04 bits per heavy atom. The Labute approximate surface area is 161 Å². The highest BCUT2D eigenvalue weighted by molar-refractivity contribution is 5.76. The Bertz CT molecular complexity index is 348. The van der Waals surface area contributed by atoms with Crippen LogP contribution in [0.4, 0.5) is 0 Å². The van der Waals surface area contributed by atoms with Gasteiger partial charge in [0.2, 0.25) is 5.91 Å². The summed E-state index contributed by atoms with van der Waals surface area (Å²) < 4.78 is 10.8. The lowest BCUT2D eigenvalue weighted by atomic mass is 10.0. The fourth-order valence-electron chi connectivity index (χ4n) is 3.61. The van der Waals surface area contributed by atoms with E-state index in [-0.39, 0.29) is 11.9 Å². The van der Waals surface area contributed by atoms with Gasteiger partial charge in [0.25, 0.3) is 0 Å². The van der Waals surface area contributed by atoms with Gasteiger partial charge in [-0.1, -0.05) is 71.1 Å². The van der Waals surface area contributed by atoms with Crippen LogP contribution in [0.5, 0.6) is 0 Å². The van der Waals surface area contributed by atoms with Gasteiger partial charge in [-0.05, 0) is 26.2 Å². The van der Waals surface area contributed by atoms with E-state index in [9.17, 15) is 4.79 Å². The molecule has 4 heteroatoms. The number of carbonyl (C=O) groups is 1. The summed E-state index contributed by atoms with van der Waals surface area (Å²) in [5.41, 5.74) is 0. The first-order valence-electron chi connectivity index (χ1n) is 11.1. The van der Waals surface area contributed by atoms with Gasteiger partial charge in [-0.25, -0.2) is 0 Å². The molecule has 3 unspecified atom stereocenters. The number of methoxy groups -OCH3 is 1. The van der Waals surface area contributed by atoms with Crippen molar-refractivity contribution in [2.45, 2.75) is 122 Å². The van der Waals surface area contributed by atoms with Crippen LogP contribution in [0.2, 0.25) is 0 Å². The molecule has 0 spiro atoms. The normalized spacial score (nSPS) is 20.1. The number of nitrogens with one attached hydrogen (secondary N) is 1. The number of carbonyl (C=O) groups excluding carboxylic acids is 1. The number of ether oxygens (including phenoxy) is 2. The highest BCUT2D eigenvalue weighted by atomic mass is 16.6. The zero-order valence-electron chi connectivity index (χ0n) is 17.6. The van der Waals surface area contributed by atoms with Crippen molar-refractivity contribution in [1.29, 1.82) is 0 Å². The Hall–Kier alpha value is -0.610. The van der Waals surface area contributed by atoms with E-state index >= 15 is 0 Å². The molecule has 1 N–H and O–H groups in total. The average Bonchev–Trinajstić information content (AvgIpc) is 3.35. The smallest absolute Gasteiger partial charge is 0.220 e. The predicted octanol–water partition coefficient (Wildman–Crippen LogP) is 5.39. The molecule has 0 radical (unpaired) electrons. The minimum atomic E-state index is 0.107. The van der Waals surface area contributed by atoms with Crippen LogP contribution in [-0.4, -0.2) is 37.9 Å². The highest BCUT2D eigenvalue weighted by Crippen LogP contribution is 2.31. The van der Waals surface area contributed by atoms with Crippen molar-refractivity contribution in [3.05, 3.63) is 0 Å². The second-order valence-electron chi connectivity index (χ2n) is 8.00. The first kappa shape index (κ1) is 23.4. The van der Waals surface area contributed by atoms with E-state index in [1.807, 2.05) is 6.92 Å². The van der Waals surface area contributed by atoms with Gasteiger partial charge in [0, 0.05) is 19.6 Å². The lowest BCUT2D eigenvalue weighted by Gasteiger charge is -2.12. The summed E-state index contributed by atoms with van der Waals surface area (Å²) in [7, 11) is 1.66. The lowest BCUT2D eigenvalue weighted by Crippen LogP contribution is -2.35. The van der Waals surface area contributed by atoms with E-state index in [0.717, 1.165) is 12.8 Å². The van der Waals surface area contributed by atoms with Crippen molar-refractivity contribution < 1.29 is 14.3 Å². The molecule has 1 saturated heterocycles. The van der Waals surface area contributed by atoms with E-state index in [2.05, 4.69) is 12.2 Å². The van der Waals surface area contributed by atoms with Crippen molar-refractivity contribution in [1.82, 2.24) is 5.32 Å². The molecule has 0 aromatic heterocycles. The predicted molar refractivity (Wildman–Crippen MR) is 108 cm³/mol. The van der Waals surface area contributed by atoms with Crippen LogP contribution in [0.1, 0.15) is 104 Å². The van der Waals surface area contributed by atoms with Crippen molar-refractivity contribution in [3.8, 4) is 0 Å². The zero-order valence-corrected chi connectivity index (χ0v) is 17.6. The molecule has 1 amide bonds. The Morgan fingerprint density at radius 1 is 0.923 bits per heavy atom. The number of hydrogen-bond donors (Lipinski definition) is 1. The van der Waals surface area contributed by atoms with Crippen molar-refractivity contribution in [2.75, 3.05) is 13.7 Å². The molecule has 4 nitrogen and oxygen atoms in total. The molecule has 0 aliphatic carbocycles. The average molecular weight is 370 g/mol. The molecule has 0 aromatic carbocycles. The first-order valence-corrected chi connectivity index (χ1v) is 11.1. The number of epoxide rings is 1. The first-order chi connectivity index (χ1) is 12.7. The van der Waals surface area contributed by atoms with Crippen LogP contribution in [0, 0.1) is 0 Å². The molecule has 0 saturated carbocycles. The second kappa shape index (κ2) is 15.4. The quantitative estimate of drug-likeness (QED) is 0.260. The Morgan fingerprint density at radius 2 is 1.46 bits per heavy atom. The van der Waals surface area contributed by atoms with Gasteiger partial charge in [-0.3, -0.25) is 4.79 Å². The molecule has 1 aliphatic heterocycles. The summed E-state index contributed by atoms with van der Waals surface area (Å²) in [5.74, 6) is 0.151. The fourth-order valence-corrected chi connectivity index (χ4v) is 3.61. The maximum absolute atomic E-state index is 11.7. The summed E-state index contributed by atoms with van der Waals surface area (Å²) >= 11 is 0. The molecule has 0 aromatic rings. The van der Waals surface area contributed by atoms with Crippen LogP contribution in [0.15, 0.2) is 0 Å². The lowest BCUT2D eigenvalue weighted by molar-refractivity contribution is -0.122. The topological polar surface area (TPSA) is 50.9 Å². The molecular weight excluding hydrogens is 326 g/mol. The van der Waals surface area contributed by atoms with E-state index in [1.165, 1.54) is 70.6 Å². The Kier molecular flexibility index (Phi) is 13.9. The van der Waals surface area contributed by atoms with Crippen LogP contribution in [0.3, 0.4) is 0 Å². The fraction of sp³-hybridized carbons (Fsp3) is 0.955. The van der Waals surface area contributed by atoms with Gasteiger partial charge >= 0.3 is 0 Å². The molecule has 26 heavy (non-hydrogen) atoms. The van der Waals surface area contributed by atoms with Crippen molar-refractivity contribution in [2.24, 2.45) is 0 Å². The number of amides is 1. The Balaban J connectivity index is 1.81. The number of hydrogen-bond acceptors (Lipinski definition) is 3. The standard InChI is InChI=1S/C22H43NO3/c1-4-5-6-7-9-12-15-20-21(26-20)16-13-10-8-11-14-17-22(24)23-19(2)18-25-3/h19-21H,4-18H2,1-3H3,(H,23,24). The van der Waals surface area contributed by atoms with Crippen LogP contribution >= 0.6 is 0 Å². The van der Waals surface area contributed by atoms with Gasteiger partial charge < -0.3 is 14.8 Å². The van der Waals surface area contributed by atoms with Gasteiger partial charge in [0.15, 0.2) is 0 Å². The molecule has 1 rings (SSSR count). The monoisotopic (exact) mass is 369 g/mol. The van der Waals surface area contributed by atoms with Gasteiger partial charge in [0.05, 0.1) is 18.8 Å². The molecule has 3 atom stereocenters. The van der Waals surface area contributed by atoms with Crippen molar-refractivity contribution in [3.63, 3.8) is 0 Å². The SMILES string of the molecule is CCCCCCCCC1OC1CCCCCCCC(=O)NC(C)COC. The third kappa shape index (κ3) is 12.7. The van der Waals surface area contributed by atoms with Gasteiger partial charge in [-0.2, -0.15) is 0 Å². The molecular formula is C22H43NO3. The second-order valence-corrected chi connectivity index (χ2v) is 8.00. The summed E-state index contributed by atoms with van der Waals surface area (Å²) in [6.07, 6.45) is 18.4. The van der Waals surface area contributed by atoms with Gasteiger partial charge in [-0.15, -0.1) is 0 Å². The van der Waals surface area contributed by atoms with E-state index in [1.54, 1.807) is 7.11 Å². The van der Waals surface area contributed by atoms with E-state index < -0.39 is 0 Å². The number of unbranched alkanes of at least 4 members (excludes halogenated alkanes) is 9. The van der Waals surface area contributed by atoms with Gasteiger partial charge in [0.1, 0.15) is 0 Å². The third-order valence-corrected chi connectivity index (χ3v) is 5.25.